The molecule has 1 aliphatic heterocycles. The number of nitrogens with zero attached hydrogens (tertiary/aromatic N) is 1. The van der Waals surface area contributed by atoms with E-state index >= 15 is 0 Å². The normalized spacial score (nSPS) is 14.7. The fourth-order valence-electron chi connectivity index (χ4n) is 2.65. The van der Waals surface area contributed by atoms with Crippen LogP contribution in [0.5, 0.6) is 0 Å². The number of ether oxygens (including phenoxy) is 1. The molecule has 1 saturated heterocycles. The molecular formula is C18H22N2O5S. The second-order valence-corrected chi connectivity index (χ2v) is 7.14. The first kappa shape index (κ1) is 20.0. The Balaban J connectivity index is 1.88. The maximum atomic E-state index is 12.3. The predicted molar refractivity (Wildman–Crippen MR) is 96.6 cm³/mol. The van der Waals surface area contributed by atoms with Gasteiger partial charge in [-0.3, -0.25) is 14.4 Å². The minimum absolute atomic E-state index is 0.00714. The molecule has 1 aromatic rings. The zero-order valence-electron chi connectivity index (χ0n) is 14.6. The van der Waals surface area contributed by atoms with Gasteiger partial charge in [0.05, 0.1) is 11.3 Å². The number of ketones is 1. The van der Waals surface area contributed by atoms with Crippen LogP contribution in [0.1, 0.15) is 30.1 Å². The zero-order chi connectivity index (χ0) is 19.1. The van der Waals surface area contributed by atoms with E-state index in [1.807, 2.05) is 0 Å². The van der Waals surface area contributed by atoms with Crippen LogP contribution in [0, 0.1) is 5.92 Å². The van der Waals surface area contributed by atoms with Crippen LogP contribution < -0.4 is 5.73 Å². The summed E-state index contributed by atoms with van der Waals surface area (Å²) < 4.78 is 5.14. The molecule has 1 aliphatic rings. The number of esters is 1. The number of Topliss-reactive ketones (excluding diaryl/α,β-unsaturated/α-hetero) is 1. The summed E-state index contributed by atoms with van der Waals surface area (Å²) in [6.07, 6.45) is 1.05. The number of piperidine rings is 1. The summed E-state index contributed by atoms with van der Waals surface area (Å²) in [4.78, 5) is 49.0. The van der Waals surface area contributed by atoms with Crippen LogP contribution in [-0.4, -0.2) is 53.9 Å². The molecule has 0 radical (unpaired) electrons. The molecule has 8 heteroatoms. The Labute approximate surface area is 156 Å². The number of amides is 2. The van der Waals surface area contributed by atoms with Crippen molar-refractivity contribution >= 4 is 35.3 Å². The van der Waals surface area contributed by atoms with Crippen molar-refractivity contribution in [1.29, 1.82) is 0 Å². The third-order valence-electron chi connectivity index (χ3n) is 4.11. The first-order chi connectivity index (χ1) is 12.4. The molecule has 1 fully saturated rings. The molecule has 2 N–H and O–H groups in total. The highest BCUT2D eigenvalue weighted by molar-refractivity contribution is 8.00. The lowest BCUT2D eigenvalue weighted by molar-refractivity contribution is -0.137. The molecule has 0 bridgehead atoms. The van der Waals surface area contributed by atoms with Crippen molar-refractivity contribution in [3.63, 3.8) is 0 Å². The lowest BCUT2D eigenvalue weighted by Crippen LogP contribution is -2.43. The third-order valence-corrected chi connectivity index (χ3v) is 5.33. The molecule has 1 aromatic carbocycles. The van der Waals surface area contributed by atoms with E-state index in [1.54, 1.807) is 29.2 Å². The maximum Gasteiger partial charge on any atom is 0.339 e. The minimum atomic E-state index is -0.600. The minimum Gasteiger partial charge on any atom is -0.452 e. The first-order valence-corrected chi connectivity index (χ1v) is 9.32. The van der Waals surface area contributed by atoms with Gasteiger partial charge in [0, 0.05) is 23.9 Å². The Kier molecular flexibility index (Phi) is 7.20. The summed E-state index contributed by atoms with van der Waals surface area (Å²) in [6, 6.07) is 6.81. The van der Waals surface area contributed by atoms with Crippen LogP contribution in [-0.2, 0) is 19.1 Å². The van der Waals surface area contributed by atoms with E-state index in [0.29, 0.717) is 36.4 Å². The van der Waals surface area contributed by atoms with Gasteiger partial charge in [-0.15, -0.1) is 11.8 Å². The van der Waals surface area contributed by atoms with Gasteiger partial charge in [0.2, 0.25) is 5.91 Å². The molecule has 7 nitrogen and oxygen atoms in total. The van der Waals surface area contributed by atoms with E-state index in [-0.39, 0.29) is 35.9 Å². The topological polar surface area (TPSA) is 107 Å². The quantitative estimate of drug-likeness (QED) is 0.565. The number of rotatable bonds is 7. The molecule has 0 spiro atoms. The first-order valence-electron chi connectivity index (χ1n) is 8.34. The summed E-state index contributed by atoms with van der Waals surface area (Å²) in [7, 11) is 0. The van der Waals surface area contributed by atoms with Crippen LogP contribution in [0.3, 0.4) is 0 Å². The predicted octanol–water partition coefficient (Wildman–Crippen LogP) is 1.25. The largest absolute Gasteiger partial charge is 0.452 e. The summed E-state index contributed by atoms with van der Waals surface area (Å²) in [6.45, 7) is 1.98. The maximum absolute atomic E-state index is 12.3. The Hall–Kier alpha value is -2.35. The molecule has 0 saturated carbocycles. The average Bonchev–Trinajstić information content (AvgIpc) is 2.64. The van der Waals surface area contributed by atoms with E-state index < -0.39 is 5.97 Å². The Morgan fingerprint density at radius 2 is 1.85 bits per heavy atom. The standard InChI is InChI=1S/C18H22N2O5S/c1-12(21)11-26-15-5-3-2-4-14(15)18(24)25-10-16(22)20-8-6-13(7-9-20)17(19)23/h2-5,13H,6-11H2,1H3,(H2,19,23). The van der Waals surface area contributed by atoms with Gasteiger partial charge < -0.3 is 15.4 Å². The molecule has 26 heavy (non-hydrogen) atoms. The number of carbonyl (C=O) groups is 4. The zero-order valence-corrected chi connectivity index (χ0v) is 15.4. The van der Waals surface area contributed by atoms with Crippen molar-refractivity contribution in [3.8, 4) is 0 Å². The summed E-state index contributed by atoms with van der Waals surface area (Å²) in [5.74, 6) is -1.17. The molecule has 2 rings (SSSR count). The monoisotopic (exact) mass is 378 g/mol. The van der Waals surface area contributed by atoms with Crippen LogP contribution >= 0.6 is 11.8 Å². The molecule has 2 amide bonds. The number of benzene rings is 1. The molecule has 0 atom stereocenters. The van der Waals surface area contributed by atoms with Gasteiger partial charge in [0.25, 0.3) is 5.91 Å². The van der Waals surface area contributed by atoms with Crippen molar-refractivity contribution < 1.29 is 23.9 Å². The third kappa shape index (κ3) is 5.59. The van der Waals surface area contributed by atoms with E-state index in [4.69, 9.17) is 10.5 Å². The molecule has 0 unspecified atom stereocenters. The van der Waals surface area contributed by atoms with Gasteiger partial charge in [-0.05, 0) is 31.9 Å². The summed E-state index contributed by atoms with van der Waals surface area (Å²) in [5, 5.41) is 0. The second-order valence-electron chi connectivity index (χ2n) is 6.12. The smallest absolute Gasteiger partial charge is 0.339 e. The van der Waals surface area contributed by atoms with Gasteiger partial charge in [0.1, 0.15) is 5.78 Å². The van der Waals surface area contributed by atoms with E-state index in [2.05, 4.69) is 0 Å². The Morgan fingerprint density at radius 1 is 1.19 bits per heavy atom. The Morgan fingerprint density at radius 3 is 2.46 bits per heavy atom. The SMILES string of the molecule is CC(=O)CSc1ccccc1C(=O)OCC(=O)N1CCC(C(N)=O)CC1. The van der Waals surface area contributed by atoms with Crippen LogP contribution in [0.25, 0.3) is 0 Å². The van der Waals surface area contributed by atoms with Crippen molar-refractivity contribution in [2.24, 2.45) is 11.7 Å². The highest BCUT2D eigenvalue weighted by atomic mass is 32.2. The van der Waals surface area contributed by atoms with Crippen molar-refractivity contribution in [3.05, 3.63) is 29.8 Å². The highest BCUT2D eigenvalue weighted by Crippen LogP contribution is 2.23. The van der Waals surface area contributed by atoms with Crippen LogP contribution in [0.4, 0.5) is 0 Å². The van der Waals surface area contributed by atoms with Gasteiger partial charge in [-0.25, -0.2) is 4.79 Å². The van der Waals surface area contributed by atoms with Crippen molar-refractivity contribution in [2.75, 3.05) is 25.4 Å². The fraction of sp³-hybridized carbons (Fsp3) is 0.444. The lowest BCUT2D eigenvalue weighted by atomic mass is 9.96. The van der Waals surface area contributed by atoms with Gasteiger partial charge in [-0.2, -0.15) is 0 Å². The van der Waals surface area contributed by atoms with Crippen LogP contribution in [0.2, 0.25) is 0 Å². The van der Waals surface area contributed by atoms with Gasteiger partial charge in [-0.1, -0.05) is 12.1 Å². The average molecular weight is 378 g/mol. The van der Waals surface area contributed by atoms with E-state index in [1.165, 1.54) is 18.7 Å². The number of hydrogen-bond acceptors (Lipinski definition) is 6. The summed E-state index contributed by atoms with van der Waals surface area (Å²) in [5.41, 5.74) is 5.61. The molecule has 0 aliphatic carbocycles. The van der Waals surface area contributed by atoms with Crippen LogP contribution in [0.15, 0.2) is 29.2 Å². The molecule has 1 heterocycles. The summed E-state index contributed by atoms with van der Waals surface area (Å²) >= 11 is 1.26. The number of nitrogens with two attached hydrogens (primary N) is 1. The van der Waals surface area contributed by atoms with Crippen molar-refractivity contribution in [2.45, 2.75) is 24.7 Å². The molecule has 140 valence electrons. The van der Waals surface area contributed by atoms with E-state index in [0.717, 1.165) is 0 Å². The van der Waals surface area contributed by atoms with Crippen molar-refractivity contribution in [1.82, 2.24) is 4.90 Å². The highest BCUT2D eigenvalue weighted by Gasteiger charge is 2.26. The molecular weight excluding hydrogens is 356 g/mol. The van der Waals surface area contributed by atoms with Gasteiger partial charge >= 0.3 is 5.97 Å². The molecule has 0 aromatic heterocycles. The number of likely N-dealkylation sites (tertiary alicyclic amines) is 1. The second kappa shape index (κ2) is 9.38. The number of carbonyl (C=O) groups excluding carboxylic acids is 4. The van der Waals surface area contributed by atoms with Gasteiger partial charge in [0.15, 0.2) is 6.61 Å². The fourth-order valence-corrected chi connectivity index (χ4v) is 3.49. The number of hydrogen-bond donors (Lipinski definition) is 1. The lowest BCUT2D eigenvalue weighted by Gasteiger charge is -2.30. The number of primary amides is 1. The Bertz CT molecular complexity index is 699. The van der Waals surface area contributed by atoms with E-state index in [9.17, 15) is 19.2 Å². The number of thioether (sulfide) groups is 1.